The van der Waals surface area contributed by atoms with E-state index in [1.165, 1.54) is 5.56 Å². The number of fused-ring (bicyclic) bond motifs is 1. The van der Waals surface area contributed by atoms with Gasteiger partial charge >= 0.3 is 0 Å². The highest BCUT2D eigenvalue weighted by molar-refractivity contribution is 5.32. The lowest BCUT2D eigenvalue weighted by Crippen LogP contribution is -2.28. The van der Waals surface area contributed by atoms with Gasteiger partial charge in [-0.2, -0.15) is 0 Å². The molecule has 1 aliphatic carbocycles. The van der Waals surface area contributed by atoms with Crippen molar-refractivity contribution in [2.75, 3.05) is 13.1 Å². The zero-order valence-electron chi connectivity index (χ0n) is 13.2. The van der Waals surface area contributed by atoms with Gasteiger partial charge in [-0.1, -0.05) is 52.0 Å². The molecule has 2 nitrogen and oxygen atoms in total. The molecule has 0 radical (unpaired) electrons. The third-order valence-corrected chi connectivity index (χ3v) is 5.47. The van der Waals surface area contributed by atoms with Gasteiger partial charge in [0.25, 0.3) is 0 Å². The number of nitrogens with one attached hydrogen (secondary N) is 1. The molecule has 1 saturated heterocycles. The lowest BCUT2D eigenvalue weighted by Gasteiger charge is -2.28. The van der Waals surface area contributed by atoms with E-state index in [0.29, 0.717) is 5.92 Å². The van der Waals surface area contributed by atoms with Crippen LogP contribution in [0, 0.1) is 11.3 Å². The molecule has 2 aliphatic rings. The molecule has 0 amide bonds. The molecule has 3 rings (SSSR count). The standard InChI is InChI=1S/C18H27NO/c1-16(2,3)13-5-7-14(8-6-13)18(20)9-15-10-19-12-17(15,4)11-18/h5-8,15,19-20H,9-12H2,1-4H3. The molecule has 110 valence electrons. The molecule has 20 heavy (non-hydrogen) atoms. The number of benzene rings is 1. The van der Waals surface area contributed by atoms with Crippen LogP contribution in [0.1, 0.15) is 51.7 Å². The van der Waals surface area contributed by atoms with Gasteiger partial charge in [-0.05, 0) is 47.3 Å². The minimum Gasteiger partial charge on any atom is -0.385 e. The van der Waals surface area contributed by atoms with Crippen molar-refractivity contribution >= 4 is 0 Å². The summed E-state index contributed by atoms with van der Waals surface area (Å²) < 4.78 is 0. The topological polar surface area (TPSA) is 32.3 Å². The van der Waals surface area contributed by atoms with Gasteiger partial charge in [-0.25, -0.2) is 0 Å². The molecule has 1 aliphatic heterocycles. The zero-order valence-corrected chi connectivity index (χ0v) is 13.2. The fourth-order valence-corrected chi connectivity index (χ4v) is 4.10. The fraction of sp³-hybridized carbons (Fsp3) is 0.667. The molecule has 2 heteroatoms. The largest absolute Gasteiger partial charge is 0.385 e. The number of rotatable bonds is 1. The van der Waals surface area contributed by atoms with Gasteiger partial charge in [0.1, 0.15) is 0 Å². The molecule has 0 spiro atoms. The maximum atomic E-state index is 11.1. The van der Waals surface area contributed by atoms with Crippen molar-refractivity contribution in [3.63, 3.8) is 0 Å². The van der Waals surface area contributed by atoms with Crippen molar-refractivity contribution in [2.24, 2.45) is 11.3 Å². The SMILES string of the molecule is CC(C)(C)c1ccc(C2(O)CC3CNCC3(C)C2)cc1. The van der Waals surface area contributed by atoms with Crippen LogP contribution in [0.3, 0.4) is 0 Å². The Kier molecular flexibility index (Phi) is 3.04. The Bertz CT molecular complexity index is 501. The van der Waals surface area contributed by atoms with Crippen molar-refractivity contribution in [3.8, 4) is 0 Å². The molecular weight excluding hydrogens is 246 g/mol. The third kappa shape index (κ3) is 2.19. The van der Waals surface area contributed by atoms with Crippen LogP contribution in [0.25, 0.3) is 0 Å². The third-order valence-electron chi connectivity index (χ3n) is 5.47. The fourth-order valence-electron chi connectivity index (χ4n) is 4.10. The van der Waals surface area contributed by atoms with Crippen LogP contribution in [0.5, 0.6) is 0 Å². The average molecular weight is 273 g/mol. The summed E-state index contributed by atoms with van der Waals surface area (Å²) in [5.41, 5.74) is 2.23. The predicted octanol–water partition coefficient (Wildman–Crippen LogP) is 3.19. The van der Waals surface area contributed by atoms with Gasteiger partial charge in [0, 0.05) is 6.54 Å². The van der Waals surface area contributed by atoms with Gasteiger partial charge in [0.15, 0.2) is 0 Å². The summed E-state index contributed by atoms with van der Waals surface area (Å²) in [7, 11) is 0. The van der Waals surface area contributed by atoms with E-state index in [1.54, 1.807) is 0 Å². The first-order valence-electron chi connectivity index (χ1n) is 7.77. The van der Waals surface area contributed by atoms with E-state index >= 15 is 0 Å². The highest BCUT2D eigenvalue weighted by atomic mass is 16.3. The monoisotopic (exact) mass is 273 g/mol. The summed E-state index contributed by atoms with van der Waals surface area (Å²) in [4.78, 5) is 0. The van der Waals surface area contributed by atoms with E-state index in [1.807, 2.05) is 0 Å². The molecule has 1 saturated carbocycles. The van der Waals surface area contributed by atoms with Crippen LogP contribution >= 0.6 is 0 Å². The summed E-state index contributed by atoms with van der Waals surface area (Å²) in [5.74, 6) is 0.606. The molecule has 2 N–H and O–H groups in total. The van der Waals surface area contributed by atoms with Crippen molar-refractivity contribution < 1.29 is 5.11 Å². The maximum absolute atomic E-state index is 11.1. The van der Waals surface area contributed by atoms with Crippen LogP contribution < -0.4 is 5.32 Å². The Morgan fingerprint density at radius 2 is 1.85 bits per heavy atom. The molecule has 1 heterocycles. The summed E-state index contributed by atoms with van der Waals surface area (Å²) in [6.45, 7) is 11.1. The number of aliphatic hydroxyl groups is 1. The second-order valence-corrected chi connectivity index (χ2v) is 8.22. The van der Waals surface area contributed by atoms with E-state index in [4.69, 9.17) is 0 Å². The van der Waals surface area contributed by atoms with Crippen LogP contribution in [-0.4, -0.2) is 18.2 Å². The average Bonchev–Trinajstić information content (AvgIpc) is 2.80. The van der Waals surface area contributed by atoms with E-state index in [0.717, 1.165) is 31.5 Å². The summed E-state index contributed by atoms with van der Waals surface area (Å²) in [6.07, 6.45) is 1.78. The molecule has 1 aromatic carbocycles. The number of hydrogen-bond acceptors (Lipinski definition) is 2. The molecule has 0 bridgehead atoms. The predicted molar refractivity (Wildman–Crippen MR) is 82.7 cm³/mol. The van der Waals surface area contributed by atoms with Crippen molar-refractivity contribution in [1.29, 1.82) is 0 Å². The lowest BCUT2D eigenvalue weighted by molar-refractivity contribution is 0.0302. The van der Waals surface area contributed by atoms with Crippen molar-refractivity contribution in [1.82, 2.24) is 5.32 Å². The maximum Gasteiger partial charge on any atom is 0.0905 e. The Balaban J connectivity index is 1.86. The quantitative estimate of drug-likeness (QED) is 0.823. The smallest absolute Gasteiger partial charge is 0.0905 e. The summed E-state index contributed by atoms with van der Waals surface area (Å²) >= 11 is 0. The minimum atomic E-state index is -0.627. The summed E-state index contributed by atoms with van der Waals surface area (Å²) in [6, 6.07) is 8.64. The van der Waals surface area contributed by atoms with Gasteiger partial charge in [0.05, 0.1) is 5.60 Å². The Morgan fingerprint density at radius 3 is 2.40 bits per heavy atom. The zero-order chi connectivity index (χ0) is 14.6. The van der Waals surface area contributed by atoms with Gasteiger partial charge in [-0.3, -0.25) is 0 Å². The highest BCUT2D eigenvalue weighted by Crippen LogP contribution is 2.54. The van der Waals surface area contributed by atoms with E-state index in [9.17, 15) is 5.11 Å². The minimum absolute atomic E-state index is 0.170. The first-order valence-corrected chi connectivity index (χ1v) is 7.77. The van der Waals surface area contributed by atoms with Crippen molar-refractivity contribution in [2.45, 2.75) is 51.6 Å². The van der Waals surface area contributed by atoms with Gasteiger partial charge in [0.2, 0.25) is 0 Å². The van der Waals surface area contributed by atoms with E-state index in [2.05, 4.69) is 57.3 Å². The Hall–Kier alpha value is -0.860. The second kappa shape index (κ2) is 4.32. The molecule has 2 fully saturated rings. The van der Waals surface area contributed by atoms with E-state index in [-0.39, 0.29) is 10.8 Å². The van der Waals surface area contributed by atoms with E-state index < -0.39 is 5.60 Å². The Labute approximate surface area is 122 Å². The van der Waals surface area contributed by atoms with Crippen LogP contribution in [-0.2, 0) is 11.0 Å². The first kappa shape index (κ1) is 14.1. The first-order chi connectivity index (χ1) is 9.23. The summed E-state index contributed by atoms with van der Waals surface area (Å²) in [5, 5.41) is 14.6. The normalized spacial score (nSPS) is 37.1. The van der Waals surface area contributed by atoms with Gasteiger partial charge < -0.3 is 10.4 Å². The van der Waals surface area contributed by atoms with Crippen molar-refractivity contribution in [3.05, 3.63) is 35.4 Å². The van der Waals surface area contributed by atoms with Gasteiger partial charge in [-0.15, -0.1) is 0 Å². The lowest BCUT2D eigenvalue weighted by atomic mass is 9.81. The molecular formula is C18H27NO. The molecule has 3 atom stereocenters. The molecule has 1 aromatic rings. The Morgan fingerprint density at radius 1 is 1.20 bits per heavy atom. The molecule has 0 aromatic heterocycles. The van der Waals surface area contributed by atoms with Crippen LogP contribution in [0.4, 0.5) is 0 Å². The number of hydrogen-bond donors (Lipinski definition) is 2. The highest BCUT2D eigenvalue weighted by Gasteiger charge is 2.53. The molecule has 3 unspecified atom stereocenters. The van der Waals surface area contributed by atoms with Crippen LogP contribution in [0.2, 0.25) is 0 Å². The van der Waals surface area contributed by atoms with Crippen LogP contribution in [0.15, 0.2) is 24.3 Å². The second-order valence-electron chi connectivity index (χ2n) is 8.22.